The van der Waals surface area contributed by atoms with Crippen LogP contribution in [0.5, 0.6) is 0 Å². The molecule has 0 spiro atoms. The fourth-order valence-corrected chi connectivity index (χ4v) is 3.75. The maximum absolute atomic E-state index is 6.30. The first-order valence-corrected chi connectivity index (χ1v) is 6.86. The van der Waals surface area contributed by atoms with Crippen LogP contribution in [0.25, 0.3) is 0 Å². The average Bonchev–Trinajstić information content (AvgIpc) is 2.37. The summed E-state index contributed by atoms with van der Waals surface area (Å²) in [6.45, 7) is 2.35. The van der Waals surface area contributed by atoms with Gasteiger partial charge in [0, 0.05) is 6.04 Å². The molecule has 3 rings (SSSR count). The minimum absolute atomic E-state index is 0.229. The fraction of sp³-hybridized carbons (Fsp3) is 0.412. The summed E-state index contributed by atoms with van der Waals surface area (Å²) >= 11 is 0. The molecule has 18 heavy (non-hydrogen) atoms. The summed E-state index contributed by atoms with van der Waals surface area (Å²) in [5.41, 5.74) is 7.96. The van der Waals surface area contributed by atoms with Crippen LogP contribution in [0.3, 0.4) is 0 Å². The molecule has 1 saturated carbocycles. The molecule has 1 aromatic carbocycles. The Hall–Kier alpha value is -1.34. The molecule has 2 aliphatic carbocycles. The molecule has 2 unspecified atom stereocenters. The van der Waals surface area contributed by atoms with Crippen molar-refractivity contribution in [1.82, 2.24) is 0 Å². The van der Waals surface area contributed by atoms with Gasteiger partial charge in [-0.15, -0.1) is 0 Å². The molecule has 94 valence electrons. The lowest BCUT2D eigenvalue weighted by Gasteiger charge is -2.47. The zero-order valence-electron chi connectivity index (χ0n) is 10.9. The molecule has 0 heterocycles. The highest BCUT2D eigenvalue weighted by Crippen LogP contribution is 2.51. The predicted molar refractivity (Wildman–Crippen MR) is 76.3 cm³/mol. The van der Waals surface area contributed by atoms with Crippen molar-refractivity contribution < 1.29 is 0 Å². The Balaban J connectivity index is 1.99. The Labute approximate surface area is 109 Å². The van der Waals surface area contributed by atoms with Gasteiger partial charge in [0.05, 0.1) is 0 Å². The van der Waals surface area contributed by atoms with Gasteiger partial charge in [0.1, 0.15) is 0 Å². The number of benzene rings is 1. The van der Waals surface area contributed by atoms with E-state index < -0.39 is 0 Å². The summed E-state index contributed by atoms with van der Waals surface area (Å²) in [6, 6.07) is 11.2. The number of fused-ring (bicyclic) bond motifs is 1. The minimum Gasteiger partial charge on any atom is -0.328 e. The highest BCUT2D eigenvalue weighted by molar-refractivity contribution is 5.30. The molecule has 1 fully saturated rings. The zero-order chi connectivity index (χ0) is 12.6. The molecule has 0 bridgehead atoms. The Morgan fingerprint density at radius 2 is 1.94 bits per heavy atom. The van der Waals surface area contributed by atoms with Crippen LogP contribution in [0.1, 0.15) is 31.2 Å². The van der Waals surface area contributed by atoms with Crippen LogP contribution in [0.4, 0.5) is 0 Å². The largest absolute Gasteiger partial charge is 0.328 e. The van der Waals surface area contributed by atoms with Gasteiger partial charge >= 0.3 is 0 Å². The normalized spacial score (nSPS) is 38.4. The van der Waals surface area contributed by atoms with Gasteiger partial charge in [-0.05, 0) is 35.7 Å². The van der Waals surface area contributed by atoms with Gasteiger partial charge in [-0.2, -0.15) is 0 Å². The van der Waals surface area contributed by atoms with Gasteiger partial charge in [0.25, 0.3) is 0 Å². The first kappa shape index (κ1) is 11.7. The molecule has 0 saturated heterocycles. The second kappa shape index (κ2) is 4.40. The molecule has 0 amide bonds. The van der Waals surface area contributed by atoms with E-state index in [1.165, 1.54) is 5.56 Å². The van der Waals surface area contributed by atoms with E-state index >= 15 is 0 Å². The minimum atomic E-state index is 0.229. The highest BCUT2D eigenvalue weighted by Gasteiger charge is 2.43. The monoisotopic (exact) mass is 239 g/mol. The van der Waals surface area contributed by atoms with Crippen molar-refractivity contribution in [3.63, 3.8) is 0 Å². The molecule has 2 N–H and O–H groups in total. The Morgan fingerprint density at radius 1 is 1.17 bits per heavy atom. The van der Waals surface area contributed by atoms with E-state index in [1.807, 2.05) is 0 Å². The van der Waals surface area contributed by atoms with Gasteiger partial charge in [-0.1, -0.05) is 61.6 Å². The third kappa shape index (κ3) is 1.93. The standard InChI is InChI=1S/C17H21N/c1-17-10-6-5-9-16(17)15(11-14(18)12-17)13-7-3-2-4-8-13/h2-10,14-16H,11-12,18H2,1H3/t14-,15+,16?,17?/m0/s1. The van der Waals surface area contributed by atoms with Crippen molar-refractivity contribution in [3.8, 4) is 0 Å². The van der Waals surface area contributed by atoms with Gasteiger partial charge in [-0.3, -0.25) is 0 Å². The maximum Gasteiger partial charge on any atom is 0.00532 e. The Kier molecular flexibility index (Phi) is 2.87. The summed E-state index contributed by atoms with van der Waals surface area (Å²) in [5, 5.41) is 0. The van der Waals surface area contributed by atoms with Crippen LogP contribution >= 0.6 is 0 Å². The van der Waals surface area contributed by atoms with Crippen molar-refractivity contribution in [2.75, 3.05) is 0 Å². The van der Waals surface area contributed by atoms with E-state index in [2.05, 4.69) is 61.6 Å². The van der Waals surface area contributed by atoms with Gasteiger partial charge in [0.2, 0.25) is 0 Å². The first-order valence-electron chi connectivity index (χ1n) is 6.86. The number of rotatable bonds is 1. The van der Waals surface area contributed by atoms with Gasteiger partial charge < -0.3 is 5.73 Å². The van der Waals surface area contributed by atoms with Crippen molar-refractivity contribution in [2.24, 2.45) is 17.1 Å². The van der Waals surface area contributed by atoms with E-state index in [0.29, 0.717) is 17.9 Å². The van der Waals surface area contributed by atoms with E-state index in [1.54, 1.807) is 0 Å². The van der Waals surface area contributed by atoms with Gasteiger partial charge in [-0.25, -0.2) is 0 Å². The van der Waals surface area contributed by atoms with E-state index in [9.17, 15) is 0 Å². The molecule has 1 heteroatoms. The number of nitrogens with two attached hydrogens (primary N) is 1. The molecule has 4 atom stereocenters. The van der Waals surface area contributed by atoms with E-state index in [0.717, 1.165) is 12.8 Å². The molecule has 0 radical (unpaired) electrons. The summed E-state index contributed by atoms with van der Waals surface area (Å²) in [4.78, 5) is 0. The molecular weight excluding hydrogens is 218 g/mol. The van der Waals surface area contributed by atoms with Crippen LogP contribution < -0.4 is 5.73 Å². The lowest BCUT2D eigenvalue weighted by molar-refractivity contribution is 0.163. The van der Waals surface area contributed by atoms with Crippen molar-refractivity contribution >= 4 is 0 Å². The van der Waals surface area contributed by atoms with Crippen LogP contribution in [-0.4, -0.2) is 6.04 Å². The molecule has 0 aliphatic heterocycles. The van der Waals surface area contributed by atoms with E-state index in [-0.39, 0.29) is 5.41 Å². The summed E-state index contributed by atoms with van der Waals surface area (Å²) in [5.74, 6) is 1.14. The van der Waals surface area contributed by atoms with Crippen LogP contribution in [-0.2, 0) is 0 Å². The molecule has 1 nitrogen and oxygen atoms in total. The summed E-state index contributed by atoms with van der Waals surface area (Å²) < 4.78 is 0. The van der Waals surface area contributed by atoms with E-state index in [4.69, 9.17) is 5.73 Å². The third-order valence-electron chi connectivity index (χ3n) is 4.59. The lowest BCUT2D eigenvalue weighted by Crippen LogP contribution is -2.43. The lowest BCUT2D eigenvalue weighted by atomic mass is 9.58. The fourth-order valence-electron chi connectivity index (χ4n) is 3.75. The molecule has 2 aliphatic rings. The first-order chi connectivity index (χ1) is 8.69. The highest BCUT2D eigenvalue weighted by atomic mass is 14.7. The number of allylic oxidation sites excluding steroid dienone is 4. The summed E-state index contributed by atoms with van der Waals surface area (Å²) in [7, 11) is 0. The second-order valence-electron chi connectivity index (χ2n) is 5.99. The van der Waals surface area contributed by atoms with Crippen LogP contribution in [0.15, 0.2) is 54.6 Å². The smallest absolute Gasteiger partial charge is 0.00532 e. The third-order valence-corrected chi connectivity index (χ3v) is 4.59. The topological polar surface area (TPSA) is 26.0 Å². The van der Waals surface area contributed by atoms with Crippen molar-refractivity contribution in [1.29, 1.82) is 0 Å². The molecule has 0 aromatic heterocycles. The predicted octanol–water partition coefficient (Wildman–Crippen LogP) is 3.64. The van der Waals surface area contributed by atoms with Crippen LogP contribution in [0.2, 0.25) is 0 Å². The van der Waals surface area contributed by atoms with Crippen molar-refractivity contribution in [2.45, 2.75) is 31.7 Å². The molecular formula is C17H21N. The van der Waals surface area contributed by atoms with Crippen LogP contribution in [0, 0.1) is 11.3 Å². The molecule has 1 aromatic rings. The SMILES string of the molecule is CC12C=CC=CC1[C@@H](c1ccccc1)C[C@H](N)C2. The average molecular weight is 239 g/mol. The Morgan fingerprint density at radius 3 is 2.72 bits per heavy atom. The Bertz CT molecular complexity index is 474. The van der Waals surface area contributed by atoms with Crippen molar-refractivity contribution in [3.05, 3.63) is 60.2 Å². The maximum atomic E-state index is 6.30. The quantitative estimate of drug-likeness (QED) is 0.795. The summed E-state index contributed by atoms with van der Waals surface area (Å²) in [6.07, 6.45) is 11.3. The number of hydrogen-bond acceptors (Lipinski definition) is 1. The van der Waals surface area contributed by atoms with Gasteiger partial charge in [0.15, 0.2) is 0 Å². The second-order valence-corrected chi connectivity index (χ2v) is 5.99. The number of hydrogen-bond donors (Lipinski definition) is 1. The zero-order valence-corrected chi connectivity index (χ0v) is 10.9.